The second-order valence-corrected chi connectivity index (χ2v) is 5.38. The van der Waals surface area contributed by atoms with Crippen LogP contribution < -0.4 is 5.32 Å². The van der Waals surface area contributed by atoms with Crippen LogP contribution in [0.2, 0.25) is 0 Å². The van der Waals surface area contributed by atoms with E-state index in [1.54, 1.807) is 18.2 Å². The summed E-state index contributed by atoms with van der Waals surface area (Å²) in [5, 5.41) is 6.84. The molecule has 5 heteroatoms. The van der Waals surface area contributed by atoms with Crippen LogP contribution in [0.5, 0.6) is 0 Å². The number of benzene rings is 1. The third-order valence-corrected chi connectivity index (χ3v) is 3.91. The van der Waals surface area contributed by atoms with Gasteiger partial charge in [-0.05, 0) is 25.1 Å². The Labute approximate surface area is 120 Å². The Hall–Kier alpha value is -2.14. The first kappa shape index (κ1) is 12.9. The fraction of sp³-hybridized carbons (Fsp3) is 0.133. The minimum atomic E-state index is -0.238. The summed E-state index contributed by atoms with van der Waals surface area (Å²) in [7, 11) is 0. The van der Waals surface area contributed by atoms with E-state index in [-0.39, 0.29) is 5.82 Å². The number of nitrogens with zero attached hydrogens (tertiary/aromatic N) is 1. The SMILES string of the molecule is C=CCNc1nc(-c2c(C)[nH]c3ccc(F)cc23)cs1. The van der Waals surface area contributed by atoms with Gasteiger partial charge in [-0.2, -0.15) is 0 Å². The maximum atomic E-state index is 13.5. The number of rotatable bonds is 4. The molecule has 2 heterocycles. The smallest absolute Gasteiger partial charge is 0.183 e. The molecule has 0 aliphatic rings. The molecular formula is C15H14FN3S. The Morgan fingerprint density at radius 2 is 2.35 bits per heavy atom. The third-order valence-electron chi connectivity index (χ3n) is 3.11. The zero-order chi connectivity index (χ0) is 14.1. The number of aromatic nitrogens is 2. The molecule has 20 heavy (non-hydrogen) atoms. The average Bonchev–Trinajstić information content (AvgIpc) is 2.99. The Balaban J connectivity index is 2.09. The van der Waals surface area contributed by atoms with Crippen LogP contribution in [0.15, 0.2) is 36.2 Å². The molecule has 0 unspecified atom stereocenters. The van der Waals surface area contributed by atoms with E-state index in [0.717, 1.165) is 33.0 Å². The number of hydrogen-bond donors (Lipinski definition) is 2. The summed E-state index contributed by atoms with van der Waals surface area (Å²) in [6.45, 7) is 6.32. The highest BCUT2D eigenvalue weighted by Crippen LogP contribution is 2.34. The highest BCUT2D eigenvalue weighted by Gasteiger charge is 2.14. The Bertz CT molecular complexity index is 773. The summed E-state index contributed by atoms with van der Waals surface area (Å²) in [6.07, 6.45) is 1.79. The second kappa shape index (κ2) is 5.09. The van der Waals surface area contributed by atoms with Gasteiger partial charge in [0.15, 0.2) is 5.13 Å². The molecule has 0 atom stereocenters. The molecule has 102 valence electrons. The number of halogens is 1. The number of hydrogen-bond acceptors (Lipinski definition) is 3. The lowest BCUT2D eigenvalue weighted by atomic mass is 10.1. The molecule has 0 aliphatic carbocycles. The molecule has 3 nitrogen and oxygen atoms in total. The van der Waals surface area contributed by atoms with Gasteiger partial charge in [-0.25, -0.2) is 9.37 Å². The van der Waals surface area contributed by atoms with Crippen LogP contribution in [0.25, 0.3) is 22.2 Å². The Morgan fingerprint density at radius 1 is 1.50 bits per heavy atom. The highest BCUT2D eigenvalue weighted by molar-refractivity contribution is 7.14. The van der Waals surface area contributed by atoms with Crippen molar-refractivity contribution in [2.45, 2.75) is 6.92 Å². The first-order valence-corrected chi connectivity index (χ1v) is 7.15. The molecule has 0 fully saturated rings. The fourth-order valence-electron chi connectivity index (χ4n) is 2.26. The van der Waals surface area contributed by atoms with Crippen molar-refractivity contribution in [3.05, 3.63) is 47.7 Å². The van der Waals surface area contributed by atoms with Gasteiger partial charge in [0.1, 0.15) is 5.82 Å². The van der Waals surface area contributed by atoms with E-state index < -0.39 is 0 Å². The van der Waals surface area contributed by atoms with Crippen LogP contribution in [-0.2, 0) is 0 Å². The monoisotopic (exact) mass is 287 g/mol. The number of fused-ring (bicyclic) bond motifs is 1. The van der Waals surface area contributed by atoms with E-state index in [1.807, 2.05) is 12.3 Å². The summed E-state index contributed by atoms with van der Waals surface area (Å²) in [5.74, 6) is -0.238. The third kappa shape index (κ3) is 2.20. The zero-order valence-electron chi connectivity index (χ0n) is 11.0. The van der Waals surface area contributed by atoms with E-state index in [9.17, 15) is 4.39 Å². The van der Waals surface area contributed by atoms with Crippen LogP contribution in [0.1, 0.15) is 5.69 Å². The van der Waals surface area contributed by atoms with Crippen molar-refractivity contribution in [3.8, 4) is 11.3 Å². The molecule has 0 amide bonds. The predicted octanol–water partition coefficient (Wildman–Crippen LogP) is 4.34. The van der Waals surface area contributed by atoms with Crippen molar-refractivity contribution in [1.29, 1.82) is 0 Å². The quantitative estimate of drug-likeness (QED) is 0.701. The van der Waals surface area contributed by atoms with E-state index in [0.29, 0.717) is 6.54 Å². The van der Waals surface area contributed by atoms with Gasteiger partial charge in [-0.3, -0.25) is 0 Å². The standard InChI is InChI=1S/C15H14FN3S/c1-3-6-17-15-19-13(8-20-15)14-9(2)18-12-5-4-10(16)7-11(12)14/h3-5,7-8,18H,1,6H2,2H3,(H,17,19). The molecule has 3 aromatic rings. The lowest BCUT2D eigenvalue weighted by Gasteiger charge is -1.98. The first-order valence-electron chi connectivity index (χ1n) is 6.27. The lowest BCUT2D eigenvalue weighted by Crippen LogP contribution is -1.96. The van der Waals surface area contributed by atoms with Crippen molar-refractivity contribution in [3.63, 3.8) is 0 Å². The number of aromatic amines is 1. The van der Waals surface area contributed by atoms with E-state index in [2.05, 4.69) is 21.9 Å². The van der Waals surface area contributed by atoms with E-state index in [1.165, 1.54) is 17.4 Å². The molecule has 0 spiro atoms. The molecule has 2 N–H and O–H groups in total. The maximum Gasteiger partial charge on any atom is 0.183 e. The fourth-order valence-corrected chi connectivity index (χ4v) is 2.97. The van der Waals surface area contributed by atoms with Crippen LogP contribution in [0.3, 0.4) is 0 Å². The van der Waals surface area contributed by atoms with Crippen molar-refractivity contribution in [2.24, 2.45) is 0 Å². The molecule has 0 aliphatic heterocycles. The van der Waals surface area contributed by atoms with Crippen molar-refractivity contribution >= 4 is 27.4 Å². The summed E-state index contributed by atoms with van der Waals surface area (Å²) >= 11 is 1.53. The number of anilines is 1. The number of thiazole rings is 1. The van der Waals surface area contributed by atoms with Crippen LogP contribution in [-0.4, -0.2) is 16.5 Å². The van der Waals surface area contributed by atoms with Crippen LogP contribution in [0.4, 0.5) is 9.52 Å². The lowest BCUT2D eigenvalue weighted by molar-refractivity contribution is 0.630. The molecule has 3 rings (SSSR count). The molecule has 0 saturated heterocycles. The summed E-state index contributed by atoms with van der Waals surface area (Å²) in [6, 6.07) is 4.76. The van der Waals surface area contributed by atoms with Gasteiger partial charge in [-0.15, -0.1) is 17.9 Å². The molecular weight excluding hydrogens is 273 g/mol. The largest absolute Gasteiger partial charge is 0.358 e. The van der Waals surface area contributed by atoms with Gasteiger partial charge in [0, 0.05) is 34.1 Å². The first-order chi connectivity index (χ1) is 9.69. The Morgan fingerprint density at radius 3 is 3.15 bits per heavy atom. The van der Waals surface area contributed by atoms with Gasteiger partial charge in [0.05, 0.1) is 5.69 Å². The summed E-state index contributed by atoms with van der Waals surface area (Å²) in [4.78, 5) is 7.81. The predicted molar refractivity (Wildman–Crippen MR) is 82.8 cm³/mol. The maximum absolute atomic E-state index is 13.5. The second-order valence-electron chi connectivity index (χ2n) is 4.52. The summed E-state index contributed by atoms with van der Waals surface area (Å²) < 4.78 is 13.5. The molecule has 1 aromatic carbocycles. The zero-order valence-corrected chi connectivity index (χ0v) is 11.9. The average molecular weight is 287 g/mol. The number of aryl methyl sites for hydroxylation is 1. The topological polar surface area (TPSA) is 40.7 Å². The van der Waals surface area contributed by atoms with Gasteiger partial charge < -0.3 is 10.3 Å². The molecule has 0 bridgehead atoms. The minimum absolute atomic E-state index is 0.238. The van der Waals surface area contributed by atoms with Gasteiger partial charge in [0.2, 0.25) is 0 Å². The van der Waals surface area contributed by atoms with Gasteiger partial charge >= 0.3 is 0 Å². The molecule has 0 saturated carbocycles. The van der Waals surface area contributed by atoms with Crippen molar-refractivity contribution < 1.29 is 4.39 Å². The van der Waals surface area contributed by atoms with E-state index in [4.69, 9.17) is 0 Å². The summed E-state index contributed by atoms with van der Waals surface area (Å²) in [5.41, 5.74) is 3.73. The van der Waals surface area contributed by atoms with Crippen LogP contribution in [0, 0.1) is 12.7 Å². The molecule has 2 aromatic heterocycles. The number of nitrogens with one attached hydrogen (secondary N) is 2. The van der Waals surface area contributed by atoms with E-state index >= 15 is 0 Å². The van der Waals surface area contributed by atoms with Gasteiger partial charge in [-0.1, -0.05) is 6.08 Å². The molecule has 0 radical (unpaired) electrons. The van der Waals surface area contributed by atoms with Crippen molar-refractivity contribution in [1.82, 2.24) is 9.97 Å². The Kier molecular flexibility index (Phi) is 3.28. The number of H-pyrrole nitrogens is 1. The van der Waals surface area contributed by atoms with Crippen molar-refractivity contribution in [2.75, 3.05) is 11.9 Å². The normalized spacial score (nSPS) is 10.9. The van der Waals surface area contributed by atoms with Gasteiger partial charge in [0.25, 0.3) is 0 Å². The van der Waals surface area contributed by atoms with Crippen LogP contribution >= 0.6 is 11.3 Å². The highest BCUT2D eigenvalue weighted by atomic mass is 32.1. The minimum Gasteiger partial charge on any atom is -0.358 e.